The molecule has 1 aromatic carbocycles. The predicted octanol–water partition coefficient (Wildman–Crippen LogP) is 1.90. The second kappa shape index (κ2) is 3.25. The van der Waals surface area contributed by atoms with Crippen LogP contribution in [0.3, 0.4) is 0 Å². The third-order valence-electron chi connectivity index (χ3n) is 1.31. The Labute approximate surface area is 77.6 Å². The largest absolute Gasteiger partial charge is 0.505 e. The number of phenolic OH excluding ortho intramolecular Hbond substituents is 1. The summed E-state index contributed by atoms with van der Waals surface area (Å²) in [6.45, 7) is 0. The molecule has 0 saturated heterocycles. The van der Waals surface area contributed by atoms with E-state index < -0.39 is 0 Å². The van der Waals surface area contributed by atoms with Gasteiger partial charge in [-0.05, 0) is 28.1 Å². The van der Waals surface area contributed by atoms with E-state index >= 15 is 0 Å². The molecule has 1 N–H and O–H groups in total. The zero-order valence-electron chi connectivity index (χ0n) is 5.87. The van der Waals surface area contributed by atoms with Crippen LogP contribution in [-0.2, 0) is 0 Å². The number of hydrogen-bond acceptors (Lipinski definition) is 3. The Morgan fingerprint density at radius 3 is 2.42 bits per heavy atom. The molecule has 1 rings (SSSR count). The molecule has 0 atom stereocenters. The fourth-order valence-electron chi connectivity index (χ4n) is 0.749. The molecule has 0 amide bonds. The first kappa shape index (κ1) is 8.58. The van der Waals surface area contributed by atoms with E-state index in [0.29, 0.717) is 10.0 Å². The number of aromatic hydroxyl groups is 1. The first-order valence-electron chi connectivity index (χ1n) is 3.01. The summed E-state index contributed by atoms with van der Waals surface area (Å²) in [7, 11) is 0. The monoisotopic (exact) mass is 222 g/mol. The van der Waals surface area contributed by atoms with Crippen molar-refractivity contribution in [1.82, 2.24) is 0 Å². The topological polar surface area (TPSA) is 67.8 Å². The summed E-state index contributed by atoms with van der Waals surface area (Å²) in [4.78, 5) is 0. The minimum Gasteiger partial charge on any atom is -0.505 e. The van der Waals surface area contributed by atoms with Crippen LogP contribution in [0.1, 0.15) is 11.1 Å². The molecule has 0 unspecified atom stereocenters. The highest BCUT2D eigenvalue weighted by molar-refractivity contribution is 9.10. The fraction of sp³-hybridized carbons (Fsp3) is 0. The predicted molar refractivity (Wildman–Crippen MR) is 45.2 cm³/mol. The Morgan fingerprint density at radius 1 is 1.25 bits per heavy atom. The van der Waals surface area contributed by atoms with Gasteiger partial charge in [-0.15, -0.1) is 0 Å². The van der Waals surface area contributed by atoms with Crippen molar-refractivity contribution in [2.75, 3.05) is 0 Å². The van der Waals surface area contributed by atoms with Gasteiger partial charge in [-0.25, -0.2) is 0 Å². The minimum absolute atomic E-state index is 0.0981. The molecule has 0 fully saturated rings. The van der Waals surface area contributed by atoms with E-state index in [9.17, 15) is 5.11 Å². The average Bonchev–Trinajstić information content (AvgIpc) is 2.09. The molecule has 0 spiro atoms. The number of nitriles is 2. The third kappa shape index (κ3) is 1.39. The molecule has 3 nitrogen and oxygen atoms in total. The van der Waals surface area contributed by atoms with E-state index in [-0.39, 0.29) is 11.3 Å². The zero-order valence-corrected chi connectivity index (χ0v) is 7.46. The van der Waals surface area contributed by atoms with Gasteiger partial charge in [0.1, 0.15) is 11.8 Å². The second-order valence-electron chi connectivity index (χ2n) is 2.08. The highest BCUT2D eigenvalue weighted by atomic mass is 79.9. The molecule has 0 aliphatic rings. The Bertz CT molecular complexity index is 401. The normalized spacial score (nSPS) is 8.58. The van der Waals surface area contributed by atoms with Crippen molar-refractivity contribution in [1.29, 1.82) is 10.5 Å². The molecule has 4 heteroatoms. The van der Waals surface area contributed by atoms with Gasteiger partial charge in [0.25, 0.3) is 0 Å². The van der Waals surface area contributed by atoms with Crippen LogP contribution >= 0.6 is 15.9 Å². The van der Waals surface area contributed by atoms with Gasteiger partial charge in [-0.3, -0.25) is 0 Å². The summed E-state index contributed by atoms with van der Waals surface area (Å²) >= 11 is 3.03. The van der Waals surface area contributed by atoms with E-state index in [1.165, 1.54) is 12.1 Å². The summed E-state index contributed by atoms with van der Waals surface area (Å²) < 4.78 is 0.359. The van der Waals surface area contributed by atoms with Gasteiger partial charge in [0, 0.05) is 0 Å². The van der Waals surface area contributed by atoms with Crippen molar-refractivity contribution in [3.63, 3.8) is 0 Å². The van der Waals surface area contributed by atoms with Gasteiger partial charge >= 0.3 is 0 Å². The number of phenols is 1. The molecule has 0 aromatic heterocycles. The number of hydrogen-bond donors (Lipinski definition) is 1. The van der Waals surface area contributed by atoms with E-state index in [1.54, 1.807) is 6.07 Å². The SMILES string of the molecule is N#Cc1cc(Br)c(O)c(C#N)c1. The van der Waals surface area contributed by atoms with Crippen molar-refractivity contribution in [3.8, 4) is 17.9 Å². The van der Waals surface area contributed by atoms with Gasteiger partial charge in [-0.2, -0.15) is 10.5 Å². The molecule has 58 valence electrons. The van der Waals surface area contributed by atoms with Crippen molar-refractivity contribution >= 4 is 15.9 Å². The van der Waals surface area contributed by atoms with Gasteiger partial charge in [0.05, 0.1) is 21.7 Å². The summed E-state index contributed by atoms with van der Waals surface area (Å²) in [6, 6.07) is 6.45. The van der Waals surface area contributed by atoms with Crippen LogP contribution < -0.4 is 0 Å². The van der Waals surface area contributed by atoms with E-state index in [1.807, 2.05) is 6.07 Å². The molecule has 0 aliphatic heterocycles. The number of benzene rings is 1. The number of nitrogens with zero attached hydrogens (tertiary/aromatic N) is 2. The maximum absolute atomic E-state index is 9.24. The van der Waals surface area contributed by atoms with Crippen molar-refractivity contribution in [2.24, 2.45) is 0 Å². The maximum Gasteiger partial charge on any atom is 0.147 e. The van der Waals surface area contributed by atoms with Crippen LogP contribution in [0.15, 0.2) is 16.6 Å². The van der Waals surface area contributed by atoms with E-state index in [0.717, 1.165) is 0 Å². The van der Waals surface area contributed by atoms with Crippen molar-refractivity contribution in [3.05, 3.63) is 27.7 Å². The third-order valence-corrected chi connectivity index (χ3v) is 1.92. The summed E-state index contributed by atoms with van der Waals surface area (Å²) in [6.07, 6.45) is 0. The Kier molecular flexibility index (Phi) is 2.32. The molecular formula is C8H3BrN2O. The molecule has 0 bridgehead atoms. The minimum atomic E-state index is -0.128. The van der Waals surface area contributed by atoms with Gasteiger partial charge in [0.15, 0.2) is 0 Å². The Morgan fingerprint density at radius 2 is 1.92 bits per heavy atom. The lowest BCUT2D eigenvalue weighted by Gasteiger charge is -1.98. The molecular weight excluding hydrogens is 220 g/mol. The molecule has 0 saturated carbocycles. The molecule has 0 aliphatic carbocycles. The Hall–Kier alpha value is -1.52. The van der Waals surface area contributed by atoms with Gasteiger partial charge in [-0.1, -0.05) is 0 Å². The fourth-order valence-corrected chi connectivity index (χ4v) is 1.21. The van der Waals surface area contributed by atoms with E-state index in [2.05, 4.69) is 15.9 Å². The molecule has 0 radical (unpaired) electrons. The first-order chi connectivity index (χ1) is 5.69. The lowest BCUT2D eigenvalue weighted by Crippen LogP contribution is -1.81. The summed E-state index contributed by atoms with van der Waals surface area (Å²) in [5.74, 6) is -0.128. The summed E-state index contributed by atoms with van der Waals surface area (Å²) in [5.41, 5.74) is 0.442. The van der Waals surface area contributed by atoms with Gasteiger partial charge < -0.3 is 5.11 Å². The lowest BCUT2D eigenvalue weighted by molar-refractivity contribution is 0.470. The standard InChI is InChI=1S/C8H3BrN2O/c9-7-2-5(3-10)1-6(4-11)8(7)12/h1-2,12H. The van der Waals surface area contributed by atoms with Crippen LogP contribution in [0.2, 0.25) is 0 Å². The quantitative estimate of drug-likeness (QED) is 0.730. The number of halogens is 1. The van der Waals surface area contributed by atoms with E-state index in [4.69, 9.17) is 10.5 Å². The van der Waals surface area contributed by atoms with Crippen LogP contribution in [0.4, 0.5) is 0 Å². The first-order valence-corrected chi connectivity index (χ1v) is 3.81. The molecule has 0 heterocycles. The average molecular weight is 223 g/mol. The summed E-state index contributed by atoms with van der Waals surface area (Å²) in [5, 5.41) is 26.3. The number of rotatable bonds is 0. The van der Waals surface area contributed by atoms with Crippen molar-refractivity contribution in [2.45, 2.75) is 0 Å². The van der Waals surface area contributed by atoms with Crippen LogP contribution in [-0.4, -0.2) is 5.11 Å². The molecule has 1 aromatic rings. The highest BCUT2D eigenvalue weighted by Crippen LogP contribution is 2.28. The maximum atomic E-state index is 9.24. The Balaban J connectivity index is 3.44. The zero-order chi connectivity index (χ0) is 9.14. The molecule has 12 heavy (non-hydrogen) atoms. The smallest absolute Gasteiger partial charge is 0.147 e. The lowest BCUT2D eigenvalue weighted by atomic mass is 10.1. The highest BCUT2D eigenvalue weighted by Gasteiger charge is 2.06. The van der Waals surface area contributed by atoms with Crippen LogP contribution in [0.5, 0.6) is 5.75 Å². The van der Waals surface area contributed by atoms with Crippen molar-refractivity contribution < 1.29 is 5.11 Å². The second-order valence-corrected chi connectivity index (χ2v) is 2.93. The van der Waals surface area contributed by atoms with Gasteiger partial charge in [0.2, 0.25) is 0 Å². The van der Waals surface area contributed by atoms with Crippen LogP contribution in [0, 0.1) is 22.7 Å². The van der Waals surface area contributed by atoms with Crippen LogP contribution in [0.25, 0.3) is 0 Å².